The monoisotopic (exact) mass is 385 g/mol. The van der Waals surface area contributed by atoms with Gasteiger partial charge in [0.25, 0.3) is 5.91 Å². The maximum atomic E-state index is 10.8. The Bertz CT molecular complexity index is 562. The molecule has 0 saturated carbocycles. The number of benzene rings is 1. The minimum absolute atomic E-state index is 0.0417. The second-order valence-electron chi connectivity index (χ2n) is 6.54. The zero-order valence-corrected chi connectivity index (χ0v) is 16.4. The van der Waals surface area contributed by atoms with E-state index in [1.165, 1.54) is 38.5 Å². The van der Waals surface area contributed by atoms with Crippen molar-refractivity contribution >= 4 is 14.3 Å². The predicted octanol–water partition coefficient (Wildman–Crippen LogP) is -0.273. The fraction of sp³-hybridized carbons (Fsp3) is 0.588. The molecule has 0 bridgehead atoms. The molecule has 0 aliphatic carbocycles. The lowest BCUT2D eigenvalue weighted by Crippen LogP contribution is -2.59. The Morgan fingerprint density at radius 1 is 1.00 bits per heavy atom. The first-order valence-corrected chi connectivity index (χ1v) is 7.88. The molecule has 4 N–H and O–H groups in total. The maximum Gasteiger partial charge on any atom is 0.280 e. The van der Waals surface area contributed by atoms with E-state index >= 15 is 0 Å². The van der Waals surface area contributed by atoms with E-state index in [4.69, 9.17) is 32.3 Å². The van der Waals surface area contributed by atoms with Crippen LogP contribution in [0.4, 0.5) is 0 Å². The first-order chi connectivity index (χ1) is 12.2. The average molecular weight is 385 g/mol. The number of carbonyl (C=O) groups is 1. The molecule has 1 amide bonds. The van der Waals surface area contributed by atoms with Gasteiger partial charge in [-0.25, -0.2) is 4.90 Å². The van der Waals surface area contributed by atoms with Crippen LogP contribution in [0.25, 0.3) is 0 Å². The summed E-state index contributed by atoms with van der Waals surface area (Å²) < 4.78 is 15.0. The first kappa shape index (κ1) is 25.5. The summed E-state index contributed by atoms with van der Waals surface area (Å²) in [5.41, 5.74) is 0.395. The van der Waals surface area contributed by atoms with Crippen molar-refractivity contribution in [2.45, 2.75) is 44.4 Å². The van der Waals surface area contributed by atoms with E-state index in [0.29, 0.717) is 5.56 Å². The Balaban J connectivity index is 0.000000972. The van der Waals surface area contributed by atoms with Gasteiger partial charge < -0.3 is 34.6 Å². The third-order valence-electron chi connectivity index (χ3n) is 3.41. The molecule has 27 heavy (non-hydrogen) atoms. The van der Waals surface area contributed by atoms with Crippen LogP contribution in [0, 0.1) is 0 Å². The van der Waals surface area contributed by atoms with Gasteiger partial charge in [-0.05, 0) is 20.8 Å². The molecule has 0 aliphatic rings. The van der Waals surface area contributed by atoms with Gasteiger partial charge in [-0.3, -0.25) is 4.79 Å². The summed E-state index contributed by atoms with van der Waals surface area (Å²) in [5.74, 6) is -6.26. The van der Waals surface area contributed by atoms with Crippen molar-refractivity contribution in [2.75, 3.05) is 21.3 Å². The van der Waals surface area contributed by atoms with Crippen LogP contribution in [0.2, 0.25) is 0 Å². The van der Waals surface area contributed by atoms with Gasteiger partial charge in [-0.1, -0.05) is 24.3 Å². The van der Waals surface area contributed by atoms with E-state index < -0.39 is 18.0 Å². The Morgan fingerprint density at radius 3 is 1.67 bits per heavy atom. The van der Waals surface area contributed by atoms with Crippen LogP contribution in [0.1, 0.15) is 38.2 Å². The molecule has 0 aliphatic heterocycles. The predicted molar refractivity (Wildman–Crippen MR) is 96.9 cm³/mol. The summed E-state index contributed by atoms with van der Waals surface area (Å²) in [5, 5.41) is 38.1. The number of amides is 1. The summed E-state index contributed by atoms with van der Waals surface area (Å²) >= 11 is 0. The summed E-state index contributed by atoms with van der Waals surface area (Å²) in [6.07, 6.45) is -0.863. The zero-order chi connectivity index (χ0) is 21.5. The van der Waals surface area contributed by atoms with Gasteiger partial charge in [0.05, 0.1) is 5.60 Å². The molecule has 0 aromatic heterocycles. The third-order valence-corrected chi connectivity index (χ3v) is 3.41. The molecular formula is C17H28BNO8. The topological polar surface area (TPSA) is 129 Å². The molecule has 0 heterocycles. The molecule has 152 valence electrons. The van der Waals surface area contributed by atoms with E-state index in [1.807, 2.05) is 20.8 Å². The van der Waals surface area contributed by atoms with Crippen LogP contribution >= 0.6 is 0 Å². The molecular weight excluding hydrogens is 357 g/mol. The Kier molecular flexibility index (Phi) is 9.57. The fourth-order valence-corrected chi connectivity index (χ4v) is 1.75. The van der Waals surface area contributed by atoms with Crippen molar-refractivity contribution < 1.29 is 39.4 Å². The number of methoxy groups -OCH3 is 3. The molecule has 0 unspecified atom stereocenters. The molecule has 0 atom stereocenters. The van der Waals surface area contributed by atoms with Gasteiger partial charge in [0.1, 0.15) is 0 Å². The second kappa shape index (κ2) is 10.1. The molecule has 1 rings (SSSR count). The summed E-state index contributed by atoms with van der Waals surface area (Å²) in [7, 11) is 9.45. The average Bonchev–Trinajstić information content (AvgIpc) is 2.55. The van der Waals surface area contributed by atoms with Crippen molar-refractivity contribution in [1.29, 1.82) is 0 Å². The number of hydrogen-bond donors (Lipinski definition) is 4. The molecule has 0 fully saturated rings. The van der Waals surface area contributed by atoms with E-state index in [2.05, 4.69) is 0 Å². The van der Waals surface area contributed by atoms with Gasteiger partial charge in [-0.15, -0.1) is 0 Å². The molecule has 1 aromatic carbocycles. The molecule has 9 nitrogen and oxygen atoms in total. The van der Waals surface area contributed by atoms with E-state index in [-0.39, 0.29) is 22.5 Å². The van der Waals surface area contributed by atoms with Gasteiger partial charge in [0, 0.05) is 32.5 Å². The number of carbonyl (C=O) groups excluding carboxylic acids is 1. The fourth-order valence-electron chi connectivity index (χ4n) is 1.75. The minimum Gasteiger partial charge on any atom is -0.379 e. The molecule has 0 saturated heterocycles. The van der Waals surface area contributed by atoms with Gasteiger partial charge in [0.15, 0.2) is 19.9 Å². The van der Waals surface area contributed by atoms with E-state index in [9.17, 15) is 15.0 Å². The second-order valence-corrected chi connectivity index (χ2v) is 6.54. The molecule has 10 heteroatoms. The van der Waals surface area contributed by atoms with Crippen molar-refractivity contribution in [1.82, 2.24) is 4.90 Å². The summed E-state index contributed by atoms with van der Waals surface area (Å²) in [6.45, 7) is 6.06. The van der Waals surface area contributed by atoms with E-state index in [0.717, 1.165) is 0 Å². The molecule has 2 radical (unpaired) electrons. The first-order valence-electron chi connectivity index (χ1n) is 7.88. The molecule has 1 aromatic rings. The number of nitrogens with zero attached hydrogens (tertiary/aromatic N) is 1. The van der Waals surface area contributed by atoms with Crippen LogP contribution in [-0.2, 0) is 24.9 Å². The molecule has 0 spiro atoms. The van der Waals surface area contributed by atoms with Gasteiger partial charge >= 0.3 is 0 Å². The Morgan fingerprint density at radius 2 is 1.41 bits per heavy atom. The Labute approximate surface area is 160 Å². The largest absolute Gasteiger partial charge is 0.379 e. The zero-order valence-electron chi connectivity index (χ0n) is 16.4. The summed E-state index contributed by atoms with van der Waals surface area (Å²) in [4.78, 5) is 10.6. The highest BCUT2D eigenvalue weighted by Gasteiger charge is 2.42. The Hall–Kier alpha value is -1.53. The number of aliphatic hydroxyl groups is 4. The van der Waals surface area contributed by atoms with Crippen molar-refractivity contribution in [3.8, 4) is 0 Å². The SMILES string of the molecule is COC(C)(C)C.[B]C(O)(O)N(C=O)C(O)(O)c1ccc(C(OC)OC)cc1. The number of rotatable bonds is 7. The quantitative estimate of drug-likeness (QED) is 0.287. The highest BCUT2D eigenvalue weighted by molar-refractivity contribution is 6.13. The van der Waals surface area contributed by atoms with Crippen LogP contribution in [0.5, 0.6) is 0 Å². The smallest absolute Gasteiger partial charge is 0.280 e. The summed E-state index contributed by atoms with van der Waals surface area (Å²) in [6, 6.07) is 5.37. The lowest BCUT2D eigenvalue weighted by Gasteiger charge is -2.39. The number of ether oxygens (including phenoxy) is 3. The normalized spacial score (nSPS) is 12.4. The lowest BCUT2D eigenvalue weighted by molar-refractivity contribution is -0.341. The minimum atomic E-state index is -3.24. The number of hydrogen-bond acceptors (Lipinski definition) is 8. The standard InChI is InChI=1S/C12H16BNO7.C5H12O/c1-20-10(21-2)8-3-5-9(6-4-8)11(16,17)14(7-15)12(13,18)19;1-5(2,3)6-4/h3-7,10,16-19H,1-2H3;1-4H3. The van der Waals surface area contributed by atoms with Crippen molar-refractivity contribution in [2.24, 2.45) is 0 Å². The van der Waals surface area contributed by atoms with Gasteiger partial charge in [-0.2, -0.15) is 0 Å². The van der Waals surface area contributed by atoms with Crippen LogP contribution in [-0.4, -0.2) is 72.3 Å². The van der Waals surface area contributed by atoms with E-state index in [1.54, 1.807) is 7.11 Å². The lowest BCUT2D eigenvalue weighted by atomic mass is 9.99. The van der Waals surface area contributed by atoms with Crippen molar-refractivity contribution in [3.63, 3.8) is 0 Å². The highest BCUT2D eigenvalue weighted by Crippen LogP contribution is 2.27. The van der Waals surface area contributed by atoms with Crippen LogP contribution in [0.3, 0.4) is 0 Å². The van der Waals surface area contributed by atoms with Crippen molar-refractivity contribution in [3.05, 3.63) is 35.4 Å². The third kappa shape index (κ3) is 7.93. The maximum absolute atomic E-state index is 10.8. The van der Waals surface area contributed by atoms with Crippen LogP contribution < -0.4 is 0 Å². The van der Waals surface area contributed by atoms with Gasteiger partial charge in [0.2, 0.25) is 6.41 Å². The highest BCUT2D eigenvalue weighted by atomic mass is 16.7. The van der Waals surface area contributed by atoms with Crippen LogP contribution in [0.15, 0.2) is 24.3 Å².